The normalized spacial score (nSPS) is 12.0. The van der Waals surface area contributed by atoms with Crippen LogP contribution in [0.3, 0.4) is 0 Å². The summed E-state index contributed by atoms with van der Waals surface area (Å²) in [6.45, 7) is 3.35. The van der Waals surface area contributed by atoms with E-state index in [1.807, 2.05) is 13.8 Å². The zero-order chi connectivity index (χ0) is 16.0. The molecule has 0 fully saturated rings. The molecule has 7 heteroatoms. The number of carbonyl (C=O) groups is 1. The lowest BCUT2D eigenvalue weighted by Gasteiger charge is -2.29. The Labute approximate surface area is 125 Å². The molecule has 0 aliphatic heterocycles. The van der Waals surface area contributed by atoms with Crippen LogP contribution in [-0.2, 0) is 10.0 Å². The highest BCUT2D eigenvalue weighted by molar-refractivity contribution is 7.89. The monoisotopic (exact) mass is 315 g/mol. The van der Waals surface area contributed by atoms with Crippen molar-refractivity contribution in [3.05, 3.63) is 29.8 Å². The molecule has 0 atom stereocenters. The van der Waals surface area contributed by atoms with Gasteiger partial charge in [0.15, 0.2) is 0 Å². The molecule has 0 heterocycles. The molecule has 2 N–H and O–H groups in total. The van der Waals surface area contributed by atoms with Gasteiger partial charge in [0.1, 0.15) is 0 Å². The summed E-state index contributed by atoms with van der Waals surface area (Å²) in [6, 6.07) is 5.24. The second kappa shape index (κ2) is 7.53. The Hall–Kier alpha value is -1.44. The maximum absolute atomic E-state index is 12.8. The van der Waals surface area contributed by atoms with Gasteiger partial charge in [0.2, 0.25) is 10.0 Å². The van der Waals surface area contributed by atoms with Gasteiger partial charge in [-0.2, -0.15) is 4.31 Å². The summed E-state index contributed by atoms with van der Waals surface area (Å²) in [7, 11) is -3.97. The van der Waals surface area contributed by atoms with Crippen LogP contribution in [0.1, 0.15) is 37.0 Å². The standard InChI is InChI=1S/C14H21NO5S/c1-3-11(4-2)15(9-10-16)21(19,20)13-8-6-5-7-12(13)14(17)18/h5-8,11,16H,3-4,9-10H2,1-2H3,(H,17,18). The van der Waals surface area contributed by atoms with E-state index in [1.54, 1.807) is 0 Å². The summed E-state index contributed by atoms with van der Waals surface area (Å²) < 4.78 is 26.7. The van der Waals surface area contributed by atoms with Crippen LogP contribution in [0.25, 0.3) is 0 Å². The van der Waals surface area contributed by atoms with Crippen molar-refractivity contribution >= 4 is 16.0 Å². The number of benzene rings is 1. The molecule has 0 radical (unpaired) electrons. The third kappa shape index (κ3) is 3.81. The second-order valence-corrected chi connectivity index (χ2v) is 6.47. The first-order valence-corrected chi connectivity index (χ1v) is 8.29. The molecule has 0 unspecified atom stereocenters. The highest BCUT2D eigenvalue weighted by Gasteiger charge is 2.32. The minimum Gasteiger partial charge on any atom is -0.478 e. The van der Waals surface area contributed by atoms with Gasteiger partial charge >= 0.3 is 5.97 Å². The fourth-order valence-electron chi connectivity index (χ4n) is 2.29. The fraction of sp³-hybridized carbons (Fsp3) is 0.500. The number of aromatic carboxylic acids is 1. The predicted molar refractivity (Wildman–Crippen MR) is 78.7 cm³/mol. The lowest BCUT2D eigenvalue weighted by molar-refractivity contribution is 0.0692. The van der Waals surface area contributed by atoms with Crippen LogP contribution >= 0.6 is 0 Å². The van der Waals surface area contributed by atoms with Gasteiger partial charge in [-0.1, -0.05) is 26.0 Å². The number of sulfonamides is 1. The molecule has 0 aliphatic rings. The Kier molecular flexibility index (Phi) is 6.32. The van der Waals surface area contributed by atoms with E-state index in [4.69, 9.17) is 10.2 Å². The maximum Gasteiger partial charge on any atom is 0.337 e. The SMILES string of the molecule is CCC(CC)N(CCO)S(=O)(=O)c1ccccc1C(=O)O. The first-order chi connectivity index (χ1) is 9.89. The van der Waals surface area contributed by atoms with E-state index in [-0.39, 0.29) is 29.7 Å². The van der Waals surface area contributed by atoms with E-state index in [0.29, 0.717) is 12.8 Å². The molecule has 0 bridgehead atoms. The Morgan fingerprint density at radius 2 is 1.81 bits per heavy atom. The molecule has 118 valence electrons. The summed E-state index contributed by atoms with van der Waals surface area (Å²) in [4.78, 5) is 11.0. The van der Waals surface area contributed by atoms with Crippen molar-refractivity contribution in [2.24, 2.45) is 0 Å². The van der Waals surface area contributed by atoms with Gasteiger partial charge in [0.25, 0.3) is 0 Å². The van der Waals surface area contributed by atoms with Gasteiger partial charge in [-0.05, 0) is 25.0 Å². The molecule has 0 aliphatic carbocycles. The molecule has 0 aromatic heterocycles. The largest absolute Gasteiger partial charge is 0.478 e. The number of aliphatic hydroxyl groups excluding tert-OH is 1. The van der Waals surface area contributed by atoms with Crippen molar-refractivity contribution in [2.45, 2.75) is 37.6 Å². The zero-order valence-electron chi connectivity index (χ0n) is 12.2. The second-order valence-electron chi connectivity index (χ2n) is 4.61. The van der Waals surface area contributed by atoms with Crippen LogP contribution in [0.2, 0.25) is 0 Å². The Morgan fingerprint density at radius 1 is 1.24 bits per heavy atom. The molecular formula is C14H21NO5S. The number of carboxylic acid groups (broad SMARTS) is 1. The molecule has 21 heavy (non-hydrogen) atoms. The van der Waals surface area contributed by atoms with Crippen molar-refractivity contribution in [1.82, 2.24) is 4.31 Å². The third-order valence-corrected chi connectivity index (χ3v) is 5.38. The fourth-order valence-corrected chi connectivity index (χ4v) is 4.24. The number of nitrogens with zero attached hydrogens (tertiary/aromatic N) is 1. The Morgan fingerprint density at radius 3 is 2.29 bits per heavy atom. The summed E-state index contributed by atoms with van der Waals surface area (Å²) >= 11 is 0. The van der Waals surface area contributed by atoms with E-state index in [1.165, 1.54) is 28.6 Å². The van der Waals surface area contributed by atoms with Gasteiger partial charge in [-0.15, -0.1) is 0 Å². The number of rotatable bonds is 8. The molecule has 0 saturated heterocycles. The van der Waals surface area contributed by atoms with Gasteiger partial charge in [0, 0.05) is 12.6 Å². The van der Waals surface area contributed by atoms with Crippen molar-refractivity contribution in [3.63, 3.8) is 0 Å². The molecule has 0 amide bonds. The van der Waals surface area contributed by atoms with E-state index < -0.39 is 16.0 Å². The minimum atomic E-state index is -3.97. The summed E-state index contributed by atoms with van der Waals surface area (Å²) in [6.07, 6.45) is 1.18. The first kappa shape index (κ1) is 17.6. The van der Waals surface area contributed by atoms with Crippen LogP contribution in [0.15, 0.2) is 29.2 Å². The average Bonchev–Trinajstić information content (AvgIpc) is 2.47. The molecule has 0 saturated carbocycles. The number of aliphatic hydroxyl groups is 1. The molecule has 1 rings (SSSR count). The zero-order valence-corrected chi connectivity index (χ0v) is 13.0. The molecule has 1 aromatic rings. The summed E-state index contributed by atoms with van der Waals surface area (Å²) in [5, 5.41) is 18.3. The Bertz CT molecular complexity index is 581. The molecule has 6 nitrogen and oxygen atoms in total. The van der Waals surface area contributed by atoms with Crippen molar-refractivity contribution in [3.8, 4) is 0 Å². The van der Waals surface area contributed by atoms with Crippen LogP contribution in [-0.4, -0.2) is 48.1 Å². The highest BCUT2D eigenvalue weighted by Crippen LogP contribution is 2.24. The van der Waals surface area contributed by atoms with Gasteiger partial charge in [-0.3, -0.25) is 0 Å². The van der Waals surface area contributed by atoms with Crippen LogP contribution < -0.4 is 0 Å². The average molecular weight is 315 g/mol. The summed E-state index contributed by atoms with van der Waals surface area (Å²) in [5.41, 5.74) is -0.258. The van der Waals surface area contributed by atoms with E-state index in [2.05, 4.69) is 0 Å². The highest BCUT2D eigenvalue weighted by atomic mass is 32.2. The topological polar surface area (TPSA) is 94.9 Å². The number of hydrogen-bond donors (Lipinski definition) is 2. The Balaban J connectivity index is 3.39. The smallest absolute Gasteiger partial charge is 0.337 e. The van der Waals surface area contributed by atoms with Crippen molar-refractivity contribution in [2.75, 3.05) is 13.2 Å². The lowest BCUT2D eigenvalue weighted by Crippen LogP contribution is -2.42. The van der Waals surface area contributed by atoms with Gasteiger partial charge < -0.3 is 10.2 Å². The van der Waals surface area contributed by atoms with Crippen LogP contribution in [0.4, 0.5) is 0 Å². The van der Waals surface area contributed by atoms with E-state index >= 15 is 0 Å². The van der Waals surface area contributed by atoms with Crippen LogP contribution in [0, 0.1) is 0 Å². The summed E-state index contributed by atoms with van der Waals surface area (Å²) in [5.74, 6) is -1.29. The van der Waals surface area contributed by atoms with E-state index in [0.717, 1.165) is 0 Å². The third-order valence-electron chi connectivity index (χ3n) is 3.37. The molecule has 0 spiro atoms. The quantitative estimate of drug-likeness (QED) is 0.759. The number of carboxylic acids is 1. The van der Waals surface area contributed by atoms with Gasteiger partial charge in [0.05, 0.1) is 17.1 Å². The van der Waals surface area contributed by atoms with Gasteiger partial charge in [-0.25, -0.2) is 13.2 Å². The lowest BCUT2D eigenvalue weighted by atomic mass is 10.2. The van der Waals surface area contributed by atoms with Crippen molar-refractivity contribution < 1.29 is 23.4 Å². The molecule has 1 aromatic carbocycles. The first-order valence-electron chi connectivity index (χ1n) is 6.85. The number of hydrogen-bond acceptors (Lipinski definition) is 4. The minimum absolute atomic E-state index is 0.0529. The van der Waals surface area contributed by atoms with Crippen LogP contribution in [0.5, 0.6) is 0 Å². The van der Waals surface area contributed by atoms with Crippen molar-refractivity contribution in [1.29, 1.82) is 0 Å². The molecular weight excluding hydrogens is 294 g/mol. The predicted octanol–water partition coefficient (Wildman–Crippen LogP) is 1.56. The van der Waals surface area contributed by atoms with E-state index in [9.17, 15) is 13.2 Å². The maximum atomic E-state index is 12.8.